The summed E-state index contributed by atoms with van der Waals surface area (Å²) in [6.45, 7) is 0. The Morgan fingerprint density at radius 1 is 1.36 bits per heavy atom. The smallest absolute Gasteiger partial charge is 0.407 e. The Balaban J connectivity index is 2.05. The number of benzene rings is 1. The molecule has 1 aliphatic heterocycles. The fourth-order valence-electron chi connectivity index (χ4n) is 2.32. The molecular formula is C11H11NO2. The van der Waals surface area contributed by atoms with E-state index in [0.29, 0.717) is 0 Å². The largest absolute Gasteiger partial charge is 0.441 e. The predicted octanol–water partition coefficient (Wildman–Crippen LogP) is 1.78. The Hall–Kier alpha value is -1.51. The number of carbonyl (C=O) groups is 1. The predicted molar refractivity (Wildman–Crippen MR) is 50.9 cm³/mol. The minimum Gasteiger partial charge on any atom is -0.441 e. The normalized spacial score (nSPS) is 28.7. The van der Waals surface area contributed by atoms with E-state index in [4.69, 9.17) is 4.74 Å². The van der Waals surface area contributed by atoms with Crippen molar-refractivity contribution < 1.29 is 9.53 Å². The number of rotatable bonds is 0. The summed E-state index contributed by atoms with van der Waals surface area (Å²) in [6.07, 6.45) is 1.53. The lowest BCUT2D eigenvalue weighted by Gasteiger charge is -2.36. The summed E-state index contributed by atoms with van der Waals surface area (Å²) in [6, 6.07) is 8.44. The molecule has 14 heavy (non-hydrogen) atoms. The van der Waals surface area contributed by atoms with Gasteiger partial charge >= 0.3 is 6.09 Å². The van der Waals surface area contributed by atoms with Crippen molar-refractivity contribution in [3.8, 4) is 0 Å². The number of carbonyl (C=O) groups excluding carboxylic acids is 1. The SMILES string of the molecule is O=C1N[C@H]2Cc3ccccc3[C@@H](C2)O1. The van der Waals surface area contributed by atoms with Gasteiger partial charge < -0.3 is 10.1 Å². The van der Waals surface area contributed by atoms with Crippen LogP contribution in [-0.4, -0.2) is 12.1 Å². The van der Waals surface area contributed by atoms with Crippen molar-refractivity contribution in [1.29, 1.82) is 0 Å². The fraction of sp³-hybridized carbons (Fsp3) is 0.364. The van der Waals surface area contributed by atoms with Crippen molar-refractivity contribution in [2.75, 3.05) is 0 Å². The molecule has 1 fully saturated rings. The third-order valence-corrected chi connectivity index (χ3v) is 2.94. The van der Waals surface area contributed by atoms with Crippen LogP contribution in [0.3, 0.4) is 0 Å². The van der Waals surface area contributed by atoms with Gasteiger partial charge in [0, 0.05) is 12.5 Å². The standard InChI is InChI=1S/C11H11NO2/c13-11-12-8-5-7-3-1-2-4-9(7)10(6-8)14-11/h1-4,8,10H,5-6H2,(H,12,13)/t8-,10+/m0/s1. The maximum atomic E-state index is 11.2. The molecule has 0 radical (unpaired) electrons. The Bertz CT molecular complexity index is 389. The van der Waals surface area contributed by atoms with Gasteiger partial charge in [-0.05, 0) is 17.5 Å². The van der Waals surface area contributed by atoms with Crippen LogP contribution >= 0.6 is 0 Å². The van der Waals surface area contributed by atoms with Gasteiger partial charge in [-0.2, -0.15) is 0 Å². The highest BCUT2D eigenvalue weighted by Gasteiger charge is 2.34. The molecule has 3 heteroatoms. The zero-order chi connectivity index (χ0) is 9.54. The molecule has 0 unspecified atom stereocenters. The molecule has 1 heterocycles. The van der Waals surface area contributed by atoms with Crippen LogP contribution < -0.4 is 5.32 Å². The van der Waals surface area contributed by atoms with E-state index in [9.17, 15) is 4.79 Å². The quantitative estimate of drug-likeness (QED) is 0.675. The summed E-state index contributed by atoms with van der Waals surface area (Å²) < 4.78 is 5.23. The maximum Gasteiger partial charge on any atom is 0.407 e. The van der Waals surface area contributed by atoms with Gasteiger partial charge in [0.15, 0.2) is 0 Å². The number of amides is 1. The van der Waals surface area contributed by atoms with Crippen LogP contribution in [0.2, 0.25) is 0 Å². The van der Waals surface area contributed by atoms with E-state index in [1.54, 1.807) is 0 Å². The van der Waals surface area contributed by atoms with Crippen LogP contribution in [0.1, 0.15) is 23.7 Å². The summed E-state index contributed by atoms with van der Waals surface area (Å²) in [5.74, 6) is 0. The van der Waals surface area contributed by atoms with Crippen molar-refractivity contribution in [3.63, 3.8) is 0 Å². The highest BCUT2D eigenvalue weighted by molar-refractivity contribution is 5.69. The first kappa shape index (κ1) is 7.85. The zero-order valence-electron chi connectivity index (χ0n) is 7.69. The van der Waals surface area contributed by atoms with Crippen molar-refractivity contribution in [1.82, 2.24) is 5.32 Å². The molecule has 3 nitrogen and oxygen atoms in total. The van der Waals surface area contributed by atoms with Crippen LogP contribution in [0.25, 0.3) is 0 Å². The molecule has 1 amide bonds. The number of ether oxygens (including phenoxy) is 1. The number of hydrogen-bond donors (Lipinski definition) is 1. The lowest BCUT2D eigenvalue weighted by Crippen LogP contribution is -2.46. The van der Waals surface area contributed by atoms with Gasteiger partial charge in [0.2, 0.25) is 0 Å². The van der Waals surface area contributed by atoms with Gasteiger partial charge in [-0.1, -0.05) is 24.3 Å². The van der Waals surface area contributed by atoms with Crippen LogP contribution in [0.4, 0.5) is 4.79 Å². The second kappa shape index (κ2) is 2.74. The average Bonchev–Trinajstić information content (AvgIpc) is 2.17. The van der Waals surface area contributed by atoms with Gasteiger partial charge in [-0.15, -0.1) is 0 Å². The summed E-state index contributed by atoms with van der Waals surface area (Å²) in [4.78, 5) is 11.2. The van der Waals surface area contributed by atoms with Crippen LogP contribution in [-0.2, 0) is 11.2 Å². The van der Waals surface area contributed by atoms with Crippen molar-refractivity contribution in [3.05, 3.63) is 35.4 Å². The van der Waals surface area contributed by atoms with Crippen molar-refractivity contribution in [2.24, 2.45) is 0 Å². The molecular weight excluding hydrogens is 178 g/mol. The highest BCUT2D eigenvalue weighted by atomic mass is 16.6. The number of nitrogens with one attached hydrogen (secondary N) is 1. The average molecular weight is 189 g/mol. The van der Waals surface area contributed by atoms with Gasteiger partial charge in [0.05, 0.1) is 0 Å². The molecule has 1 aromatic rings. The molecule has 2 bridgehead atoms. The zero-order valence-corrected chi connectivity index (χ0v) is 7.69. The first-order chi connectivity index (χ1) is 6.83. The summed E-state index contributed by atoms with van der Waals surface area (Å²) in [5, 5.41) is 2.83. The van der Waals surface area contributed by atoms with E-state index in [1.807, 2.05) is 12.1 Å². The van der Waals surface area contributed by atoms with Crippen LogP contribution in [0, 0.1) is 0 Å². The van der Waals surface area contributed by atoms with E-state index in [1.165, 1.54) is 11.1 Å². The number of hydrogen-bond acceptors (Lipinski definition) is 2. The second-order valence-electron chi connectivity index (χ2n) is 3.87. The van der Waals surface area contributed by atoms with Gasteiger partial charge in [0.25, 0.3) is 0 Å². The summed E-state index contributed by atoms with van der Waals surface area (Å²) in [5.41, 5.74) is 2.48. The topological polar surface area (TPSA) is 38.3 Å². The number of fused-ring (bicyclic) bond motifs is 4. The second-order valence-corrected chi connectivity index (χ2v) is 3.87. The summed E-state index contributed by atoms with van der Waals surface area (Å²) >= 11 is 0. The molecule has 0 saturated carbocycles. The maximum absolute atomic E-state index is 11.2. The van der Waals surface area contributed by atoms with E-state index in [0.717, 1.165) is 12.8 Å². The Morgan fingerprint density at radius 2 is 2.21 bits per heavy atom. The fourth-order valence-corrected chi connectivity index (χ4v) is 2.32. The van der Waals surface area contributed by atoms with Gasteiger partial charge in [-0.25, -0.2) is 4.79 Å². The molecule has 2 atom stereocenters. The minimum atomic E-state index is -0.277. The Kier molecular flexibility index (Phi) is 1.54. The van der Waals surface area contributed by atoms with Crippen LogP contribution in [0.5, 0.6) is 0 Å². The first-order valence-electron chi connectivity index (χ1n) is 4.88. The van der Waals surface area contributed by atoms with Crippen molar-refractivity contribution in [2.45, 2.75) is 25.0 Å². The Morgan fingerprint density at radius 3 is 3.14 bits per heavy atom. The molecule has 1 saturated heterocycles. The summed E-state index contributed by atoms with van der Waals surface area (Å²) in [7, 11) is 0. The molecule has 1 aromatic carbocycles. The molecule has 72 valence electrons. The third-order valence-electron chi connectivity index (χ3n) is 2.94. The molecule has 1 aliphatic carbocycles. The van der Waals surface area contributed by atoms with Crippen LogP contribution in [0.15, 0.2) is 24.3 Å². The number of alkyl carbamates (subject to hydrolysis) is 1. The van der Waals surface area contributed by atoms with Crippen molar-refractivity contribution >= 4 is 6.09 Å². The molecule has 3 rings (SSSR count). The van der Waals surface area contributed by atoms with E-state index < -0.39 is 0 Å². The molecule has 0 aromatic heterocycles. The highest BCUT2D eigenvalue weighted by Crippen LogP contribution is 2.34. The third kappa shape index (κ3) is 1.09. The molecule has 0 spiro atoms. The lowest BCUT2D eigenvalue weighted by molar-refractivity contribution is 0.0516. The van der Waals surface area contributed by atoms with Gasteiger partial charge in [-0.3, -0.25) is 0 Å². The Labute approximate surface area is 82.1 Å². The monoisotopic (exact) mass is 189 g/mol. The first-order valence-corrected chi connectivity index (χ1v) is 4.88. The lowest BCUT2D eigenvalue weighted by atomic mass is 9.85. The molecule has 2 aliphatic rings. The van der Waals surface area contributed by atoms with E-state index in [2.05, 4.69) is 17.4 Å². The van der Waals surface area contributed by atoms with Gasteiger partial charge in [0.1, 0.15) is 6.10 Å². The van der Waals surface area contributed by atoms with E-state index >= 15 is 0 Å². The van der Waals surface area contributed by atoms with E-state index in [-0.39, 0.29) is 18.2 Å². The molecule has 1 N–H and O–H groups in total. The minimum absolute atomic E-state index is 0.0290.